The Hall–Kier alpha value is -3.62. The lowest BCUT2D eigenvalue weighted by Crippen LogP contribution is -2.10. The molecule has 9 heteroatoms. The van der Waals surface area contributed by atoms with Crippen LogP contribution in [0.3, 0.4) is 0 Å². The predicted molar refractivity (Wildman–Crippen MR) is 99.4 cm³/mol. The van der Waals surface area contributed by atoms with Crippen LogP contribution >= 0.6 is 0 Å². The van der Waals surface area contributed by atoms with Crippen LogP contribution in [0.15, 0.2) is 36.9 Å². The van der Waals surface area contributed by atoms with Crippen molar-refractivity contribution in [1.82, 2.24) is 24.8 Å². The number of fused-ring (bicyclic) bond motifs is 2. The Kier molecular flexibility index (Phi) is 4.33. The highest BCUT2D eigenvalue weighted by Gasteiger charge is 2.19. The summed E-state index contributed by atoms with van der Waals surface area (Å²) in [6.07, 6.45) is 4.75. The molecule has 3 heterocycles. The normalized spacial score (nSPS) is 11.0. The lowest BCUT2D eigenvalue weighted by molar-refractivity contribution is 0.104. The minimum absolute atomic E-state index is 0.246. The van der Waals surface area contributed by atoms with Gasteiger partial charge in [0, 0.05) is 16.6 Å². The van der Waals surface area contributed by atoms with E-state index in [4.69, 9.17) is 9.47 Å². The maximum Gasteiger partial charge on any atom is 0.513 e. The molecule has 0 aliphatic heterocycles. The quantitative estimate of drug-likeness (QED) is 0.521. The molecule has 9 nitrogen and oxygen atoms in total. The number of nitrogens with one attached hydrogen (secondary N) is 2. The Bertz CT molecular complexity index is 1120. The summed E-state index contributed by atoms with van der Waals surface area (Å²) in [5, 5.41) is 15.5. The average molecular weight is 366 g/mol. The van der Waals surface area contributed by atoms with Gasteiger partial charge in [0.2, 0.25) is 0 Å². The van der Waals surface area contributed by atoms with Crippen molar-refractivity contribution in [2.45, 2.75) is 20.3 Å². The molecule has 2 N–H and O–H groups in total. The van der Waals surface area contributed by atoms with Gasteiger partial charge in [0.05, 0.1) is 24.5 Å². The van der Waals surface area contributed by atoms with E-state index in [0.29, 0.717) is 18.0 Å². The van der Waals surface area contributed by atoms with Gasteiger partial charge in [0.15, 0.2) is 11.6 Å². The molecule has 4 aromatic rings. The van der Waals surface area contributed by atoms with Crippen molar-refractivity contribution in [1.29, 1.82) is 0 Å². The van der Waals surface area contributed by atoms with Crippen molar-refractivity contribution in [3.8, 4) is 5.75 Å². The molecule has 0 spiro atoms. The van der Waals surface area contributed by atoms with E-state index < -0.39 is 6.16 Å². The number of aromatic nitrogens is 5. The molecule has 0 aliphatic rings. The van der Waals surface area contributed by atoms with E-state index in [0.717, 1.165) is 27.7 Å². The van der Waals surface area contributed by atoms with Gasteiger partial charge in [-0.1, -0.05) is 6.92 Å². The van der Waals surface area contributed by atoms with Gasteiger partial charge in [-0.2, -0.15) is 10.2 Å². The third kappa shape index (κ3) is 3.14. The first-order valence-corrected chi connectivity index (χ1v) is 8.59. The Morgan fingerprint density at radius 3 is 3.04 bits per heavy atom. The third-order valence-corrected chi connectivity index (χ3v) is 4.15. The lowest BCUT2D eigenvalue weighted by atomic mass is 10.2. The van der Waals surface area contributed by atoms with Gasteiger partial charge in [0.1, 0.15) is 11.8 Å². The van der Waals surface area contributed by atoms with Crippen LogP contribution in [0.4, 0.5) is 16.3 Å². The topological polar surface area (TPSA) is 106 Å². The maximum atomic E-state index is 11.7. The van der Waals surface area contributed by atoms with Crippen LogP contribution in [-0.2, 0) is 11.2 Å². The van der Waals surface area contributed by atoms with Crippen molar-refractivity contribution < 1.29 is 14.3 Å². The van der Waals surface area contributed by atoms with Crippen LogP contribution in [0.25, 0.3) is 16.4 Å². The van der Waals surface area contributed by atoms with Crippen molar-refractivity contribution in [3.63, 3.8) is 0 Å². The second kappa shape index (κ2) is 6.94. The molecule has 0 aliphatic carbocycles. The number of hydrogen-bond donors (Lipinski definition) is 2. The third-order valence-electron chi connectivity index (χ3n) is 4.15. The number of aryl methyl sites for hydroxylation is 1. The summed E-state index contributed by atoms with van der Waals surface area (Å²) in [5.74, 6) is 1.02. The number of hydrogen-bond acceptors (Lipinski definition) is 7. The summed E-state index contributed by atoms with van der Waals surface area (Å²) in [5.41, 5.74) is 3.32. The van der Waals surface area contributed by atoms with Crippen LogP contribution in [0.1, 0.15) is 19.4 Å². The number of nitrogens with zero attached hydrogens (tertiary/aromatic N) is 4. The zero-order valence-electron chi connectivity index (χ0n) is 14.9. The molecule has 3 aromatic heterocycles. The van der Waals surface area contributed by atoms with Gasteiger partial charge in [-0.05, 0) is 31.5 Å². The van der Waals surface area contributed by atoms with Gasteiger partial charge in [-0.3, -0.25) is 5.10 Å². The summed E-state index contributed by atoms with van der Waals surface area (Å²) in [7, 11) is 0. The first-order valence-electron chi connectivity index (χ1n) is 8.59. The number of anilines is 2. The molecule has 27 heavy (non-hydrogen) atoms. The van der Waals surface area contributed by atoms with E-state index in [1.807, 2.05) is 25.1 Å². The Labute approximate surface area is 154 Å². The molecule has 0 saturated carbocycles. The zero-order valence-corrected chi connectivity index (χ0v) is 14.9. The second-order valence-corrected chi connectivity index (χ2v) is 5.81. The molecular weight excluding hydrogens is 348 g/mol. The van der Waals surface area contributed by atoms with Crippen molar-refractivity contribution in [3.05, 3.63) is 42.5 Å². The van der Waals surface area contributed by atoms with Crippen molar-refractivity contribution in [2.75, 3.05) is 11.9 Å². The molecule has 138 valence electrons. The van der Waals surface area contributed by atoms with Gasteiger partial charge < -0.3 is 14.8 Å². The van der Waals surface area contributed by atoms with Crippen molar-refractivity contribution >= 4 is 34.1 Å². The molecule has 0 saturated heterocycles. The monoisotopic (exact) mass is 366 g/mol. The van der Waals surface area contributed by atoms with Crippen LogP contribution < -0.4 is 10.1 Å². The standard InChI is InChI=1S/C18H18N6O3/c1-3-13-15(27-18(25)26-4-2)9-24-16(13)17(19-10-21-24)22-12-6-5-11-8-20-23-14(11)7-12/h5-10H,3-4H2,1-2H3,(H,20,23)(H,19,21,22). The Morgan fingerprint density at radius 2 is 2.22 bits per heavy atom. The summed E-state index contributed by atoms with van der Waals surface area (Å²) >= 11 is 0. The molecule has 1 aromatic carbocycles. The van der Waals surface area contributed by atoms with Gasteiger partial charge in [-0.15, -0.1) is 0 Å². The minimum atomic E-state index is -0.740. The number of rotatable bonds is 5. The highest BCUT2D eigenvalue weighted by atomic mass is 16.7. The van der Waals surface area contributed by atoms with E-state index in [1.54, 1.807) is 23.8 Å². The number of carbonyl (C=O) groups excluding carboxylic acids is 1. The van der Waals surface area contributed by atoms with E-state index in [-0.39, 0.29) is 6.61 Å². The van der Waals surface area contributed by atoms with E-state index in [2.05, 4.69) is 25.6 Å². The molecule has 0 radical (unpaired) electrons. The zero-order chi connectivity index (χ0) is 18.8. The molecule has 0 amide bonds. The molecule has 4 rings (SSSR count). The Balaban J connectivity index is 1.73. The van der Waals surface area contributed by atoms with Crippen LogP contribution in [0.5, 0.6) is 5.75 Å². The molecule has 0 fully saturated rings. The highest BCUT2D eigenvalue weighted by molar-refractivity contribution is 5.85. The van der Waals surface area contributed by atoms with Crippen LogP contribution in [0, 0.1) is 0 Å². The van der Waals surface area contributed by atoms with E-state index in [1.165, 1.54) is 6.33 Å². The van der Waals surface area contributed by atoms with E-state index in [9.17, 15) is 4.79 Å². The van der Waals surface area contributed by atoms with Crippen LogP contribution in [-0.4, -0.2) is 37.6 Å². The van der Waals surface area contributed by atoms with Crippen LogP contribution in [0.2, 0.25) is 0 Å². The highest BCUT2D eigenvalue weighted by Crippen LogP contribution is 2.31. The number of benzene rings is 1. The van der Waals surface area contributed by atoms with Gasteiger partial charge in [0.25, 0.3) is 0 Å². The first-order chi connectivity index (χ1) is 13.2. The fraction of sp³-hybridized carbons (Fsp3) is 0.222. The fourth-order valence-corrected chi connectivity index (χ4v) is 2.96. The van der Waals surface area contributed by atoms with Crippen molar-refractivity contribution in [2.24, 2.45) is 0 Å². The molecular formula is C18H18N6O3. The van der Waals surface area contributed by atoms with Gasteiger partial charge >= 0.3 is 6.16 Å². The summed E-state index contributed by atoms with van der Waals surface area (Å²) in [6, 6.07) is 5.86. The van der Waals surface area contributed by atoms with Gasteiger partial charge in [-0.25, -0.2) is 14.3 Å². The number of ether oxygens (including phenoxy) is 2. The SMILES string of the molecule is CCOC(=O)Oc1cn2ncnc(Nc3ccc4cn[nH]c4c3)c2c1CC. The summed E-state index contributed by atoms with van der Waals surface area (Å²) < 4.78 is 11.8. The molecule has 0 bridgehead atoms. The summed E-state index contributed by atoms with van der Waals surface area (Å²) in [6.45, 7) is 3.94. The minimum Gasteiger partial charge on any atom is -0.434 e. The molecule has 0 unspecified atom stereocenters. The number of carbonyl (C=O) groups is 1. The fourth-order valence-electron chi connectivity index (χ4n) is 2.96. The molecule has 0 atom stereocenters. The average Bonchev–Trinajstić information content (AvgIpc) is 3.25. The maximum absolute atomic E-state index is 11.7. The number of H-pyrrole nitrogens is 1. The summed E-state index contributed by atoms with van der Waals surface area (Å²) in [4.78, 5) is 16.1. The predicted octanol–water partition coefficient (Wildman–Crippen LogP) is 3.45. The largest absolute Gasteiger partial charge is 0.513 e. The van der Waals surface area contributed by atoms with E-state index >= 15 is 0 Å². The smallest absolute Gasteiger partial charge is 0.434 e. The second-order valence-electron chi connectivity index (χ2n) is 5.81. The number of aromatic amines is 1. The first kappa shape index (κ1) is 16.8. The Morgan fingerprint density at radius 1 is 1.33 bits per heavy atom. The lowest BCUT2D eigenvalue weighted by Gasteiger charge is -2.09.